The average Bonchev–Trinajstić information content (AvgIpc) is 2.40. The largest absolute Gasteiger partial charge is 0.497 e. The van der Waals surface area contributed by atoms with E-state index in [2.05, 4.69) is 38.5 Å². The van der Waals surface area contributed by atoms with Crippen molar-refractivity contribution in [2.45, 2.75) is 5.38 Å². The molecule has 0 fully saturated rings. The van der Waals surface area contributed by atoms with Crippen LogP contribution in [0.25, 0.3) is 0 Å². The first kappa shape index (κ1) is 16.0. The molecule has 0 amide bonds. The molecule has 0 saturated carbocycles. The summed E-state index contributed by atoms with van der Waals surface area (Å²) in [6.45, 7) is 0. The predicted octanol–water partition coefficient (Wildman–Crippen LogP) is 5.67. The summed E-state index contributed by atoms with van der Waals surface area (Å²) in [5.74, 6) is -1.34. The third-order valence-electron chi connectivity index (χ3n) is 2.77. The molecular weight excluding hydrogens is 464 g/mol. The van der Waals surface area contributed by atoms with E-state index in [0.29, 0.717) is 10.0 Å². The molecule has 2 aromatic carbocycles. The summed E-state index contributed by atoms with van der Waals surface area (Å²) >= 11 is 11.7. The van der Waals surface area contributed by atoms with Crippen LogP contribution in [0.1, 0.15) is 16.5 Å². The average molecular weight is 473 g/mol. The zero-order valence-corrected chi connectivity index (χ0v) is 14.8. The highest BCUT2D eigenvalue weighted by molar-refractivity contribution is 14.1. The van der Waals surface area contributed by atoms with Gasteiger partial charge >= 0.3 is 0 Å². The van der Waals surface area contributed by atoms with Crippen LogP contribution in [0.2, 0.25) is 0 Å². The molecule has 20 heavy (non-hydrogen) atoms. The SMILES string of the molecule is COc1cc(F)c(C(Cl)c2cc(I)ccc2Br)c(F)c1. The highest BCUT2D eigenvalue weighted by Gasteiger charge is 2.23. The maximum absolute atomic E-state index is 14.0. The highest BCUT2D eigenvalue weighted by atomic mass is 127. The van der Waals surface area contributed by atoms with Crippen molar-refractivity contribution in [3.63, 3.8) is 0 Å². The molecular formula is C14H9BrClF2IO. The molecule has 0 saturated heterocycles. The number of ether oxygens (including phenoxy) is 1. The fraction of sp³-hybridized carbons (Fsp3) is 0.143. The summed E-state index contributed by atoms with van der Waals surface area (Å²) in [6, 6.07) is 7.70. The normalized spacial score (nSPS) is 12.3. The Morgan fingerprint density at radius 1 is 1.20 bits per heavy atom. The monoisotopic (exact) mass is 472 g/mol. The number of methoxy groups -OCH3 is 1. The molecule has 0 aromatic heterocycles. The fourth-order valence-electron chi connectivity index (χ4n) is 1.79. The van der Waals surface area contributed by atoms with Gasteiger partial charge in [0, 0.05) is 25.7 Å². The molecule has 1 nitrogen and oxygen atoms in total. The van der Waals surface area contributed by atoms with E-state index in [9.17, 15) is 8.78 Å². The van der Waals surface area contributed by atoms with Gasteiger partial charge in [0.15, 0.2) is 0 Å². The van der Waals surface area contributed by atoms with Gasteiger partial charge in [-0.1, -0.05) is 15.9 Å². The van der Waals surface area contributed by atoms with Gasteiger partial charge in [0.1, 0.15) is 17.4 Å². The molecule has 0 bridgehead atoms. The van der Waals surface area contributed by atoms with Crippen LogP contribution in [-0.2, 0) is 0 Å². The van der Waals surface area contributed by atoms with Crippen LogP contribution in [0.4, 0.5) is 8.78 Å². The van der Waals surface area contributed by atoms with E-state index in [4.69, 9.17) is 16.3 Å². The lowest BCUT2D eigenvalue weighted by atomic mass is 10.0. The first-order chi connectivity index (χ1) is 9.43. The van der Waals surface area contributed by atoms with Gasteiger partial charge in [-0.25, -0.2) is 8.78 Å². The molecule has 2 aromatic rings. The zero-order valence-electron chi connectivity index (χ0n) is 10.3. The standard InChI is InChI=1S/C14H9BrClF2IO/c1-20-8-5-11(17)13(12(18)6-8)14(16)9-4-7(19)2-3-10(9)15/h2-6,14H,1H3. The van der Waals surface area contributed by atoms with Crippen molar-refractivity contribution in [2.75, 3.05) is 7.11 Å². The molecule has 0 spiro atoms. The van der Waals surface area contributed by atoms with Crippen molar-refractivity contribution in [3.05, 3.63) is 61.1 Å². The minimum atomic E-state index is -0.926. The van der Waals surface area contributed by atoms with Crippen LogP contribution >= 0.6 is 50.1 Å². The number of benzene rings is 2. The minimum absolute atomic E-state index is 0.120. The third kappa shape index (κ3) is 3.26. The van der Waals surface area contributed by atoms with Crippen LogP contribution in [0.15, 0.2) is 34.8 Å². The first-order valence-corrected chi connectivity index (χ1v) is 7.86. The lowest BCUT2D eigenvalue weighted by molar-refractivity contribution is 0.405. The van der Waals surface area contributed by atoms with E-state index in [1.54, 1.807) is 12.1 Å². The van der Waals surface area contributed by atoms with Crippen molar-refractivity contribution < 1.29 is 13.5 Å². The minimum Gasteiger partial charge on any atom is -0.497 e. The van der Waals surface area contributed by atoms with Gasteiger partial charge < -0.3 is 4.74 Å². The van der Waals surface area contributed by atoms with Gasteiger partial charge in [-0.3, -0.25) is 0 Å². The molecule has 6 heteroatoms. The molecule has 0 aliphatic heterocycles. The Morgan fingerprint density at radius 3 is 2.35 bits per heavy atom. The quantitative estimate of drug-likeness (QED) is 0.413. The fourth-order valence-corrected chi connectivity index (χ4v) is 3.30. The number of hydrogen-bond acceptors (Lipinski definition) is 1. The lowest BCUT2D eigenvalue weighted by Gasteiger charge is -2.15. The van der Waals surface area contributed by atoms with Gasteiger partial charge in [-0.05, 0) is 46.4 Å². The maximum atomic E-state index is 14.0. The molecule has 106 valence electrons. The van der Waals surface area contributed by atoms with Crippen LogP contribution in [-0.4, -0.2) is 7.11 Å². The van der Waals surface area contributed by atoms with E-state index in [-0.39, 0.29) is 11.3 Å². The predicted molar refractivity (Wildman–Crippen MR) is 87.5 cm³/mol. The summed E-state index contributed by atoms with van der Waals surface area (Å²) in [6.07, 6.45) is 0. The highest BCUT2D eigenvalue weighted by Crippen LogP contribution is 2.38. The summed E-state index contributed by atoms with van der Waals surface area (Å²) < 4.78 is 34.5. The van der Waals surface area contributed by atoms with Crippen molar-refractivity contribution >= 4 is 50.1 Å². The Balaban J connectivity index is 2.53. The molecule has 1 unspecified atom stereocenters. The summed E-state index contributed by atoms with van der Waals surface area (Å²) in [5, 5.41) is -0.926. The van der Waals surface area contributed by atoms with Crippen LogP contribution < -0.4 is 4.74 Å². The van der Waals surface area contributed by atoms with Crippen LogP contribution in [0.5, 0.6) is 5.75 Å². The number of hydrogen-bond donors (Lipinski definition) is 0. The van der Waals surface area contributed by atoms with Gasteiger partial charge in [-0.15, -0.1) is 11.6 Å². The number of alkyl halides is 1. The second-order valence-corrected chi connectivity index (χ2v) is 6.57. The smallest absolute Gasteiger partial charge is 0.134 e. The third-order valence-corrected chi connectivity index (χ3v) is 4.62. The molecule has 0 radical (unpaired) electrons. The maximum Gasteiger partial charge on any atom is 0.134 e. The topological polar surface area (TPSA) is 9.23 Å². The van der Waals surface area contributed by atoms with Crippen molar-refractivity contribution in [3.8, 4) is 5.75 Å². The van der Waals surface area contributed by atoms with Gasteiger partial charge in [0.2, 0.25) is 0 Å². The van der Waals surface area contributed by atoms with Gasteiger partial charge in [0.25, 0.3) is 0 Å². The van der Waals surface area contributed by atoms with Crippen LogP contribution in [0.3, 0.4) is 0 Å². The lowest BCUT2D eigenvalue weighted by Crippen LogP contribution is -2.03. The van der Waals surface area contributed by atoms with Crippen LogP contribution in [0, 0.1) is 15.2 Å². The Bertz CT molecular complexity index is 628. The van der Waals surface area contributed by atoms with Gasteiger partial charge in [-0.2, -0.15) is 0 Å². The van der Waals surface area contributed by atoms with E-state index >= 15 is 0 Å². The summed E-state index contributed by atoms with van der Waals surface area (Å²) in [7, 11) is 1.35. The van der Waals surface area contributed by atoms with E-state index in [0.717, 1.165) is 15.7 Å². The number of rotatable bonds is 3. The van der Waals surface area contributed by atoms with E-state index in [1.807, 2.05) is 6.07 Å². The van der Waals surface area contributed by atoms with E-state index < -0.39 is 17.0 Å². The second-order valence-electron chi connectivity index (χ2n) is 4.03. The first-order valence-electron chi connectivity index (χ1n) is 5.56. The number of halogens is 5. The second kappa shape index (κ2) is 6.58. The Morgan fingerprint density at radius 2 is 1.80 bits per heavy atom. The van der Waals surface area contributed by atoms with Gasteiger partial charge in [0.05, 0.1) is 12.5 Å². The molecule has 0 aliphatic carbocycles. The Kier molecular flexibility index (Phi) is 5.25. The molecule has 0 N–H and O–H groups in total. The van der Waals surface area contributed by atoms with Crippen molar-refractivity contribution in [1.29, 1.82) is 0 Å². The Hall–Kier alpha value is -0.400. The molecule has 0 heterocycles. The van der Waals surface area contributed by atoms with Crippen molar-refractivity contribution in [2.24, 2.45) is 0 Å². The molecule has 1 atom stereocenters. The summed E-state index contributed by atoms with van der Waals surface area (Å²) in [4.78, 5) is 0. The van der Waals surface area contributed by atoms with E-state index in [1.165, 1.54) is 7.11 Å². The molecule has 0 aliphatic rings. The zero-order chi connectivity index (χ0) is 14.9. The molecule has 2 rings (SSSR count). The Labute approximate surface area is 142 Å². The van der Waals surface area contributed by atoms with Crippen molar-refractivity contribution in [1.82, 2.24) is 0 Å². The summed E-state index contributed by atoms with van der Waals surface area (Å²) in [5.41, 5.74) is 0.428.